The van der Waals surface area contributed by atoms with Crippen LogP contribution < -0.4 is 5.32 Å². The van der Waals surface area contributed by atoms with Crippen molar-refractivity contribution in [2.45, 2.75) is 26.3 Å². The minimum absolute atomic E-state index is 0. The minimum Gasteiger partial charge on any atom is -0.338 e. The maximum atomic E-state index is 12.9. The first-order valence-corrected chi connectivity index (χ1v) is 7.28. The van der Waals surface area contributed by atoms with Crippen LogP contribution in [0.25, 0.3) is 0 Å². The smallest absolute Gasteiger partial charge is 0.226 e. The molecule has 118 valence electrons. The highest BCUT2D eigenvalue weighted by Gasteiger charge is 2.28. The molecule has 0 radical (unpaired) electrons. The fraction of sp³-hybridized carbons (Fsp3) is 0.562. The lowest BCUT2D eigenvalue weighted by Crippen LogP contribution is -2.39. The number of rotatable bonds is 7. The number of hydrogen-bond donors (Lipinski definition) is 1. The maximum Gasteiger partial charge on any atom is 0.226 e. The van der Waals surface area contributed by atoms with Crippen molar-refractivity contribution in [1.82, 2.24) is 10.2 Å². The van der Waals surface area contributed by atoms with Crippen molar-refractivity contribution in [2.24, 2.45) is 11.8 Å². The average molecular weight is 315 g/mol. The zero-order valence-electron chi connectivity index (χ0n) is 12.6. The standard InChI is InChI=1S/C16H23FN2O.ClH/c1-12(9-18-2)16(20)19(10-13-3-4-13)11-14-5-7-15(17)8-6-14;/h5-8,12-13,18H,3-4,9-11H2,1-2H3;1H. The van der Waals surface area contributed by atoms with Crippen LogP contribution in [0.3, 0.4) is 0 Å². The van der Waals surface area contributed by atoms with Gasteiger partial charge in [-0.25, -0.2) is 4.39 Å². The summed E-state index contributed by atoms with van der Waals surface area (Å²) in [6.45, 7) is 4.03. The third kappa shape index (κ3) is 5.64. The van der Waals surface area contributed by atoms with Gasteiger partial charge in [0.25, 0.3) is 0 Å². The first-order valence-electron chi connectivity index (χ1n) is 7.28. The molecule has 0 spiro atoms. The molecule has 2 rings (SSSR count). The van der Waals surface area contributed by atoms with Crippen LogP contribution >= 0.6 is 12.4 Å². The van der Waals surface area contributed by atoms with E-state index in [2.05, 4.69) is 5.32 Å². The molecule has 1 aromatic carbocycles. The summed E-state index contributed by atoms with van der Waals surface area (Å²) in [5, 5.41) is 3.05. The third-order valence-electron chi connectivity index (χ3n) is 3.71. The number of nitrogens with zero attached hydrogens (tertiary/aromatic N) is 1. The number of amides is 1. The lowest BCUT2D eigenvalue weighted by atomic mass is 10.1. The Morgan fingerprint density at radius 1 is 1.38 bits per heavy atom. The molecular formula is C16H24ClFN2O. The largest absolute Gasteiger partial charge is 0.338 e. The SMILES string of the molecule is CNCC(C)C(=O)N(Cc1ccc(F)cc1)CC1CC1.Cl. The number of nitrogens with one attached hydrogen (secondary N) is 1. The number of hydrogen-bond acceptors (Lipinski definition) is 2. The van der Waals surface area contributed by atoms with Crippen molar-refractivity contribution in [3.63, 3.8) is 0 Å². The molecule has 0 bridgehead atoms. The van der Waals surface area contributed by atoms with E-state index in [0.717, 1.165) is 12.1 Å². The minimum atomic E-state index is -0.239. The lowest BCUT2D eigenvalue weighted by molar-refractivity contribution is -0.135. The monoisotopic (exact) mass is 314 g/mol. The number of halogens is 2. The van der Waals surface area contributed by atoms with Crippen LogP contribution in [0.15, 0.2) is 24.3 Å². The topological polar surface area (TPSA) is 32.3 Å². The Kier molecular flexibility index (Phi) is 7.12. The van der Waals surface area contributed by atoms with Crippen molar-refractivity contribution in [2.75, 3.05) is 20.1 Å². The van der Waals surface area contributed by atoms with E-state index in [0.29, 0.717) is 19.0 Å². The number of benzene rings is 1. The molecule has 0 aromatic heterocycles. The predicted molar refractivity (Wildman–Crippen MR) is 84.9 cm³/mol. The van der Waals surface area contributed by atoms with Gasteiger partial charge in [0.1, 0.15) is 5.82 Å². The first-order chi connectivity index (χ1) is 9.60. The lowest BCUT2D eigenvalue weighted by Gasteiger charge is -2.26. The summed E-state index contributed by atoms with van der Waals surface area (Å²) >= 11 is 0. The second kappa shape index (κ2) is 8.35. The molecule has 0 aliphatic heterocycles. The van der Waals surface area contributed by atoms with E-state index in [1.54, 1.807) is 12.1 Å². The van der Waals surface area contributed by atoms with Gasteiger partial charge in [0.05, 0.1) is 0 Å². The van der Waals surface area contributed by atoms with Gasteiger partial charge in [-0.15, -0.1) is 12.4 Å². The van der Waals surface area contributed by atoms with Crippen molar-refractivity contribution < 1.29 is 9.18 Å². The highest BCUT2D eigenvalue weighted by molar-refractivity contribution is 5.85. The summed E-state index contributed by atoms with van der Waals surface area (Å²) in [5.41, 5.74) is 0.983. The summed E-state index contributed by atoms with van der Waals surface area (Å²) in [5.74, 6) is 0.563. The van der Waals surface area contributed by atoms with Crippen LogP contribution in [0.2, 0.25) is 0 Å². The molecule has 21 heavy (non-hydrogen) atoms. The van der Waals surface area contributed by atoms with E-state index in [4.69, 9.17) is 0 Å². The summed E-state index contributed by atoms with van der Waals surface area (Å²) < 4.78 is 12.9. The summed E-state index contributed by atoms with van der Waals surface area (Å²) in [4.78, 5) is 14.4. The van der Waals surface area contributed by atoms with Crippen LogP contribution in [0.4, 0.5) is 4.39 Å². The molecule has 1 saturated carbocycles. The molecule has 3 nitrogen and oxygen atoms in total. The molecule has 1 aliphatic rings. The molecule has 1 aliphatic carbocycles. The Bertz CT molecular complexity index is 448. The van der Waals surface area contributed by atoms with Gasteiger partial charge in [-0.05, 0) is 43.5 Å². The zero-order valence-corrected chi connectivity index (χ0v) is 13.5. The van der Waals surface area contributed by atoms with E-state index in [-0.39, 0.29) is 30.0 Å². The van der Waals surface area contributed by atoms with Crippen LogP contribution in [-0.2, 0) is 11.3 Å². The van der Waals surface area contributed by atoms with Crippen LogP contribution in [0.1, 0.15) is 25.3 Å². The third-order valence-corrected chi connectivity index (χ3v) is 3.71. The molecular weight excluding hydrogens is 291 g/mol. The normalized spacial score (nSPS) is 15.2. The van der Waals surface area contributed by atoms with Crippen LogP contribution in [0.5, 0.6) is 0 Å². The molecule has 1 fully saturated rings. The number of carbonyl (C=O) groups excluding carboxylic acids is 1. The van der Waals surface area contributed by atoms with Crippen LogP contribution in [-0.4, -0.2) is 30.9 Å². The van der Waals surface area contributed by atoms with Crippen LogP contribution in [0, 0.1) is 17.7 Å². The Morgan fingerprint density at radius 2 is 2.00 bits per heavy atom. The fourth-order valence-corrected chi connectivity index (χ4v) is 2.36. The molecule has 5 heteroatoms. The second-order valence-electron chi connectivity index (χ2n) is 5.75. The Balaban J connectivity index is 0.00000220. The molecule has 1 N–H and O–H groups in total. The Morgan fingerprint density at radius 3 is 2.52 bits per heavy atom. The predicted octanol–water partition coefficient (Wildman–Crippen LogP) is 2.84. The van der Waals surface area contributed by atoms with E-state index in [1.807, 2.05) is 18.9 Å². The van der Waals surface area contributed by atoms with E-state index in [9.17, 15) is 9.18 Å². The molecule has 0 heterocycles. The Labute approximate surface area is 132 Å². The summed E-state index contributed by atoms with van der Waals surface area (Å²) in [6.07, 6.45) is 2.43. The van der Waals surface area contributed by atoms with E-state index >= 15 is 0 Å². The number of carbonyl (C=O) groups is 1. The zero-order chi connectivity index (χ0) is 14.5. The van der Waals surface area contributed by atoms with Gasteiger partial charge >= 0.3 is 0 Å². The van der Waals surface area contributed by atoms with Crippen molar-refractivity contribution in [1.29, 1.82) is 0 Å². The van der Waals surface area contributed by atoms with Gasteiger partial charge in [-0.2, -0.15) is 0 Å². The summed E-state index contributed by atoms with van der Waals surface area (Å²) in [7, 11) is 1.86. The highest BCUT2D eigenvalue weighted by Crippen LogP contribution is 2.30. The Hall–Kier alpha value is -1.13. The van der Waals surface area contributed by atoms with E-state index in [1.165, 1.54) is 25.0 Å². The van der Waals surface area contributed by atoms with Gasteiger partial charge in [-0.1, -0.05) is 19.1 Å². The average Bonchev–Trinajstić information content (AvgIpc) is 3.24. The van der Waals surface area contributed by atoms with Crippen molar-refractivity contribution in [3.8, 4) is 0 Å². The fourth-order valence-electron chi connectivity index (χ4n) is 2.36. The second-order valence-corrected chi connectivity index (χ2v) is 5.75. The summed E-state index contributed by atoms with van der Waals surface area (Å²) in [6, 6.07) is 6.41. The molecule has 1 atom stereocenters. The van der Waals surface area contributed by atoms with Gasteiger partial charge in [0.15, 0.2) is 0 Å². The molecule has 0 saturated heterocycles. The van der Waals surface area contributed by atoms with Gasteiger partial charge in [0, 0.05) is 25.6 Å². The molecule has 1 amide bonds. The van der Waals surface area contributed by atoms with Crippen molar-refractivity contribution in [3.05, 3.63) is 35.6 Å². The van der Waals surface area contributed by atoms with Gasteiger partial charge in [0.2, 0.25) is 5.91 Å². The van der Waals surface area contributed by atoms with E-state index < -0.39 is 0 Å². The van der Waals surface area contributed by atoms with Crippen molar-refractivity contribution >= 4 is 18.3 Å². The van der Waals surface area contributed by atoms with Gasteiger partial charge < -0.3 is 10.2 Å². The van der Waals surface area contributed by atoms with Gasteiger partial charge in [-0.3, -0.25) is 4.79 Å². The highest BCUT2D eigenvalue weighted by atomic mass is 35.5. The molecule has 1 aromatic rings. The maximum absolute atomic E-state index is 12.9. The molecule has 1 unspecified atom stereocenters. The first kappa shape index (κ1) is 17.9. The quantitative estimate of drug-likeness (QED) is 0.839.